The summed E-state index contributed by atoms with van der Waals surface area (Å²) in [7, 11) is 0. The second-order valence-electron chi connectivity index (χ2n) is 5.83. The van der Waals surface area contributed by atoms with E-state index in [1.165, 1.54) is 31.3 Å². The highest BCUT2D eigenvalue weighted by atomic mass is 32.1. The van der Waals surface area contributed by atoms with Gasteiger partial charge in [-0.3, -0.25) is 0 Å². The van der Waals surface area contributed by atoms with Gasteiger partial charge in [0.15, 0.2) is 0 Å². The van der Waals surface area contributed by atoms with Gasteiger partial charge in [0.05, 0.1) is 0 Å². The Kier molecular flexibility index (Phi) is 2.30. The van der Waals surface area contributed by atoms with Crippen LogP contribution in [0.3, 0.4) is 0 Å². The molecule has 0 radical (unpaired) electrons. The van der Waals surface area contributed by atoms with E-state index in [0.29, 0.717) is 0 Å². The zero-order valence-corrected chi connectivity index (χ0v) is 12.4. The van der Waals surface area contributed by atoms with E-state index in [-0.39, 0.29) is 0 Å². The fraction of sp³-hybridized carbons (Fsp3) is 0.100. The van der Waals surface area contributed by atoms with Crippen molar-refractivity contribution in [2.75, 3.05) is 0 Å². The highest BCUT2D eigenvalue weighted by Gasteiger charge is 2.19. The molecule has 100 valence electrons. The number of rotatable bonds is 0. The van der Waals surface area contributed by atoms with E-state index in [9.17, 15) is 0 Å². The van der Waals surface area contributed by atoms with Crippen LogP contribution in [0.4, 0.5) is 0 Å². The molecule has 0 saturated heterocycles. The minimum Gasteiger partial charge on any atom is -0.136 e. The SMILES string of the molecule is C1=c2sc3c(c2Cc2ccccc21)Cc1ccccc1C=3. The van der Waals surface area contributed by atoms with Crippen LogP contribution in [0, 0.1) is 0 Å². The molecule has 0 bridgehead atoms. The Morgan fingerprint density at radius 1 is 0.619 bits per heavy atom. The van der Waals surface area contributed by atoms with Gasteiger partial charge in [-0.15, -0.1) is 11.3 Å². The van der Waals surface area contributed by atoms with Crippen LogP contribution in [0.2, 0.25) is 0 Å². The van der Waals surface area contributed by atoms with Crippen molar-refractivity contribution in [2.24, 2.45) is 0 Å². The van der Waals surface area contributed by atoms with Gasteiger partial charge < -0.3 is 0 Å². The number of benzene rings is 2. The van der Waals surface area contributed by atoms with Gasteiger partial charge in [0.2, 0.25) is 0 Å². The lowest BCUT2D eigenvalue weighted by Crippen LogP contribution is -2.15. The van der Waals surface area contributed by atoms with E-state index in [0.717, 1.165) is 12.8 Å². The predicted molar refractivity (Wildman–Crippen MR) is 89.2 cm³/mol. The summed E-state index contributed by atoms with van der Waals surface area (Å²) in [5.41, 5.74) is 8.81. The van der Waals surface area contributed by atoms with Crippen LogP contribution in [0.25, 0.3) is 12.2 Å². The summed E-state index contributed by atoms with van der Waals surface area (Å²) in [5, 5.41) is 0. The van der Waals surface area contributed by atoms with E-state index >= 15 is 0 Å². The number of hydrogen-bond acceptors (Lipinski definition) is 1. The van der Waals surface area contributed by atoms with Crippen LogP contribution in [-0.4, -0.2) is 0 Å². The number of fused-ring (bicyclic) bond motifs is 5. The summed E-state index contributed by atoms with van der Waals surface area (Å²) in [6.45, 7) is 0. The Labute approximate surface area is 127 Å². The van der Waals surface area contributed by atoms with Crippen molar-refractivity contribution in [3.05, 3.63) is 91.0 Å². The summed E-state index contributed by atoms with van der Waals surface area (Å²) in [4.78, 5) is 0. The lowest BCUT2D eigenvalue weighted by atomic mass is 9.88. The summed E-state index contributed by atoms with van der Waals surface area (Å²) in [6.07, 6.45) is 6.92. The minimum absolute atomic E-state index is 1.09. The topological polar surface area (TPSA) is 0 Å². The lowest BCUT2D eigenvalue weighted by Gasteiger charge is -2.15. The van der Waals surface area contributed by atoms with Crippen LogP contribution in [0.15, 0.2) is 48.5 Å². The van der Waals surface area contributed by atoms with Crippen LogP contribution >= 0.6 is 11.3 Å². The molecule has 0 spiro atoms. The molecule has 0 saturated carbocycles. The average molecular weight is 286 g/mol. The Hall–Kier alpha value is -2.12. The first kappa shape index (κ1) is 11.5. The van der Waals surface area contributed by atoms with Crippen molar-refractivity contribution in [1.82, 2.24) is 0 Å². The number of thiophene rings is 1. The Balaban J connectivity index is 1.79. The van der Waals surface area contributed by atoms with Crippen LogP contribution in [-0.2, 0) is 12.8 Å². The molecule has 0 amide bonds. The monoisotopic (exact) mass is 286 g/mol. The molecule has 1 heteroatoms. The molecule has 21 heavy (non-hydrogen) atoms. The second kappa shape index (κ2) is 4.19. The highest BCUT2D eigenvalue weighted by Crippen LogP contribution is 2.25. The molecule has 0 unspecified atom stereocenters. The molecular weight excluding hydrogens is 272 g/mol. The molecule has 0 atom stereocenters. The molecule has 2 aromatic carbocycles. The Morgan fingerprint density at radius 2 is 1.10 bits per heavy atom. The van der Waals surface area contributed by atoms with Crippen molar-refractivity contribution in [3.63, 3.8) is 0 Å². The van der Waals surface area contributed by atoms with Gasteiger partial charge in [0.25, 0.3) is 0 Å². The van der Waals surface area contributed by atoms with E-state index in [2.05, 4.69) is 60.7 Å². The summed E-state index contributed by atoms with van der Waals surface area (Å²) in [6, 6.07) is 17.6. The summed E-state index contributed by atoms with van der Waals surface area (Å²) < 4.78 is 2.92. The molecule has 0 N–H and O–H groups in total. The van der Waals surface area contributed by atoms with E-state index in [1.54, 1.807) is 11.1 Å². The molecule has 0 fully saturated rings. The smallest absolute Gasteiger partial charge is 0.0321 e. The predicted octanol–water partition coefficient (Wildman–Crippen LogP) is 3.21. The molecule has 0 nitrogen and oxygen atoms in total. The molecular formula is C20H14S. The van der Waals surface area contributed by atoms with Gasteiger partial charge in [0.1, 0.15) is 0 Å². The maximum absolute atomic E-state index is 2.37. The molecule has 5 rings (SSSR count). The van der Waals surface area contributed by atoms with Crippen molar-refractivity contribution < 1.29 is 0 Å². The zero-order chi connectivity index (χ0) is 13.8. The van der Waals surface area contributed by atoms with Gasteiger partial charge in [-0.05, 0) is 58.4 Å². The highest BCUT2D eigenvalue weighted by molar-refractivity contribution is 7.08. The molecule has 0 aliphatic heterocycles. The molecule has 3 aromatic rings. The molecule has 2 aliphatic rings. The van der Waals surface area contributed by atoms with Gasteiger partial charge in [-0.25, -0.2) is 0 Å². The maximum atomic E-state index is 2.37. The fourth-order valence-corrected chi connectivity index (χ4v) is 4.74. The fourth-order valence-electron chi connectivity index (χ4n) is 3.50. The first-order chi connectivity index (χ1) is 10.4. The van der Waals surface area contributed by atoms with Gasteiger partial charge >= 0.3 is 0 Å². The Bertz CT molecular complexity index is 909. The van der Waals surface area contributed by atoms with Gasteiger partial charge in [0, 0.05) is 9.06 Å². The van der Waals surface area contributed by atoms with E-state index in [1.807, 2.05) is 11.3 Å². The van der Waals surface area contributed by atoms with E-state index in [4.69, 9.17) is 0 Å². The van der Waals surface area contributed by atoms with Gasteiger partial charge in [-0.1, -0.05) is 48.5 Å². The first-order valence-corrected chi connectivity index (χ1v) is 8.20. The quantitative estimate of drug-likeness (QED) is 0.410. The van der Waals surface area contributed by atoms with E-state index < -0.39 is 0 Å². The Morgan fingerprint density at radius 3 is 1.62 bits per heavy atom. The zero-order valence-electron chi connectivity index (χ0n) is 11.6. The summed E-state index contributed by atoms with van der Waals surface area (Å²) >= 11 is 1.95. The summed E-state index contributed by atoms with van der Waals surface area (Å²) in [5.74, 6) is 0. The maximum Gasteiger partial charge on any atom is 0.0321 e. The molecule has 1 heterocycles. The van der Waals surface area contributed by atoms with Crippen molar-refractivity contribution >= 4 is 23.5 Å². The average Bonchev–Trinajstić information content (AvgIpc) is 2.87. The molecule has 2 aliphatic carbocycles. The second-order valence-corrected chi connectivity index (χ2v) is 6.91. The van der Waals surface area contributed by atoms with Crippen LogP contribution in [0.1, 0.15) is 33.4 Å². The third kappa shape index (κ3) is 1.68. The van der Waals surface area contributed by atoms with Crippen LogP contribution in [0.5, 0.6) is 0 Å². The van der Waals surface area contributed by atoms with Crippen molar-refractivity contribution in [3.8, 4) is 0 Å². The van der Waals surface area contributed by atoms with Crippen molar-refractivity contribution in [2.45, 2.75) is 12.8 Å². The first-order valence-electron chi connectivity index (χ1n) is 7.38. The standard InChI is InChI=1S/C20H14S/c1-3-7-15-11-19-17(9-13(15)5-1)18-10-14-6-2-4-8-16(14)12-20(18)21-19/h1-8,11-12H,9-10H2. The number of hydrogen-bond donors (Lipinski definition) is 0. The largest absolute Gasteiger partial charge is 0.136 e. The van der Waals surface area contributed by atoms with Gasteiger partial charge in [-0.2, -0.15) is 0 Å². The van der Waals surface area contributed by atoms with Crippen LogP contribution < -0.4 is 9.06 Å². The van der Waals surface area contributed by atoms with Crippen molar-refractivity contribution in [1.29, 1.82) is 0 Å². The minimum atomic E-state index is 1.09. The third-order valence-corrected chi connectivity index (χ3v) is 5.77. The third-order valence-electron chi connectivity index (χ3n) is 4.60. The lowest BCUT2D eigenvalue weighted by molar-refractivity contribution is 1.07. The molecule has 1 aromatic heterocycles. The normalized spacial score (nSPS) is 14.1.